The molecule has 1 radical (unpaired) electrons. The van der Waals surface area contributed by atoms with E-state index in [4.69, 9.17) is 0 Å². The van der Waals surface area contributed by atoms with Crippen LogP contribution in [-0.4, -0.2) is 58.4 Å². The molecule has 0 heterocycles. The maximum absolute atomic E-state index is 11.0. The molecule has 4 aromatic carbocycles. The second-order valence-corrected chi connectivity index (χ2v) is 8.60. The third-order valence-electron chi connectivity index (χ3n) is 5.60. The number of non-ortho nitro benzene ring substituents is 4. The molecule has 0 spiro atoms. The van der Waals surface area contributed by atoms with E-state index in [0.29, 0.717) is 11.1 Å². The van der Waals surface area contributed by atoms with Gasteiger partial charge in [0.1, 0.15) is 11.4 Å². The molecule has 0 aliphatic heterocycles. The molecule has 0 bridgehead atoms. The number of aliphatic imine (C=N–C) groups is 2. The van der Waals surface area contributed by atoms with Gasteiger partial charge in [-0.2, -0.15) is 0 Å². The quantitative estimate of drug-likeness (QED) is 0.0935. The van der Waals surface area contributed by atoms with Gasteiger partial charge in [0.2, 0.25) is 0 Å². The Balaban J connectivity index is -0.000000823. The summed E-state index contributed by atoms with van der Waals surface area (Å²) in [5.74, 6) is 0. The summed E-state index contributed by atoms with van der Waals surface area (Å²) in [6.45, 7) is 0. The van der Waals surface area contributed by atoms with Crippen molar-refractivity contribution in [3.8, 4) is 0 Å². The molecule has 0 unspecified atom stereocenters. The predicted octanol–water partition coefficient (Wildman–Crippen LogP) is 0.851. The predicted molar refractivity (Wildman–Crippen MR) is 171 cm³/mol. The van der Waals surface area contributed by atoms with Crippen molar-refractivity contribution in [2.24, 2.45) is 9.98 Å². The van der Waals surface area contributed by atoms with Gasteiger partial charge in [-0.3, -0.25) is 60.7 Å². The van der Waals surface area contributed by atoms with E-state index < -0.39 is 52.3 Å². The van der Waals surface area contributed by atoms with Crippen LogP contribution < -0.4 is 12.4 Å². The summed E-state index contributed by atoms with van der Waals surface area (Å²) in [5, 5.41) is 64.6. The first-order valence-corrected chi connectivity index (χ1v) is 12.2. The van der Waals surface area contributed by atoms with Gasteiger partial charge >= 0.3 is 28.4 Å². The van der Waals surface area contributed by atoms with Crippen LogP contribution in [-0.2, 0) is 17.1 Å². The van der Waals surface area contributed by atoms with E-state index >= 15 is 0 Å². The summed E-state index contributed by atoms with van der Waals surface area (Å²) in [6.07, 6.45) is 2.42. The molecule has 0 amide bonds. The fourth-order valence-corrected chi connectivity index (χ4v) is 3.49. The van der Waals surface area contributed by atoms with Gasteiger partial charge < -0.3 is 28.8 Å². The van der Waals surface area contributed by atoms with E-state index in [9.17, 15) is 60.7 Å². The number of nitro benzene ring substituents is 6. The number of nitro groups is 6. The van der Waals surface area contributed by atoms with Gasteiger partial charge in [-0.1, -0.05) is 24.3 Å². The summed E-state index contributed by atoms with van der Waals surface area (Å²) in [4.78, 5) is 68.1. The molecular weight excluding hydrogens is 763 g/mol. The Morgan fingerprint density at radius 3 is 1.00 bits per heavy atom. The first-order valence-electron chi connectivity index (χ1n) is 12.2. The summed E-state index contributed by atoms with van der Waals surface area (Å²) in [6, 6.07) is 17.1. The summed E-state index contributed by atoms with van der Waals surface area (Å²) in [5.41, 5.74) is -1.64. The van der Waals surface area contributed by atoms with E-state index in [1.54, 1.807) is 0 Å². The molecule has 0 aliphatic carbocycles. The van der Waals surface area contributed by atoms with Crippen molar-refractivity contribution in [1.82, 2.24) is 0 Å². The van der Waals surface area contributed by atoms with E-state index in [2.05, 4.69) is 9.98 Å². The van der Waals surface area contributed by atoms with Gasteiger partial charge in [-0.25, -0.2) is 9.98 Å². The van der Waals surface area contributed by atoms with Crippen LogP contribution >= 0.6 is 0 Å². The van der Waals surface area contributed by atoms with Crippen LogP contribution in [0, 0.1) is 60.7 Å². The second-order valence-electron chi connectivity index (χ2n) is 8.60. The summed E-state index contributed by atoms with van der Waals surface area (Å²) in [7, 11) is 0. The van der Waals surface area contributed by atoms with Crippen molar-refractivity contribution in [3.63, 3.8) is 0 Å². The number of hydrogen-bond donors (Lipinski definition) is 0. The molecule has 0 saturated heterocycles. The van der Waals surface area contributed by atoms with Crippen molar-refractivity contribution in [2.75, 3.05) is 0 Å². The largest absolute Gasteiger partial charge is 2.00 e. The zero-order chi connectivity index (χ0) is 34.0. The van der Waals surface area contributed by atoms with Crippen LogP contribution in [0.25, 0.3) is 0 Å². The molecule has 0 atom stereocenters. The maximum Gasteiger partial charge on any atom is 2.00 e. The van der Waals surface area contributed by atoms with Crippen LogP contribution in [0.15, 0.2) is 94.9 Å². The standard InChI is InChI=1S/2C13H8N4O6.ClH.Cu.3H2O/c2*18-15(19)10-3-1-2-9(6-10)8-14-12-5-4-11(16(20)21)7-13(12)17(22)23;;;;;/h2*1-8H;1H;;3*1H2/q;;;+2;;;/p-1. The van der Waals surface area contributed by atoms with E-state index in [1.807, 2.05) is 0 Å². The van der Waals surface area contributed by atoms with Crippen molar-refractivity contribution >= 4 is 57.9 Å². The second kappa shape index (κ2) is 22.0. The Kier molecular flexibility index (Phi) is 21.0. The van der Waals surface area contributed by atoms with Crippen molar-refractivity contribution < 1.29 is 75.4 Å². The molecule has 0 aliphatic rings. The number of halogens is 1. The van der Waals surface area contributed by atoms with Gasteiger partial charge in [0.15, 0.2) is 0 Å². The number of rotatable bonds is 10. The Bertz CT molecular complexity index is 1820. The smallest absolute Gasteiger partial charge is 1.00 e. The molecule has 25 heteroatoms. The van der Waals surface area contributed by atoms with Crippen LogP contribution in [0.5, 0.6) is 0 Å². The van der Waals surface area contributed by atoms with Gasteiger partial charge in [-0.15, -0.1) is 0 Å². The number of benzene rings is 4. The van der Waals surface area contributed by atoms with E-state index in [-0.39, 0.29) is 68.7 Å². The molecule has 51 heavy (non-hydrogen) atoms. The van der Waals surface area contributed by atoms with Gasteiger partial charge in [0, 0.05) is 48.8 Å². The zero-order valence-electron chi connectivity index (χ0n) is 24.9. The molecule has 273 valence electrons. The normalized spacial score (nSPS) is 9.57. The summed E-state index contributed by atoms with van der Waals surface area (Å²) >= 11 is 0. The molecule has 0 fully saturated rings. The van der Waals surface area contributed by atoms with Crippen LogP contribution in [0.1, 0.15) is 11.1 Å². The van der Waals surface area contributed by atoms with Crippen molar-refractivity contribution in [2.45, 2.75) is 0 Å². The Labute approximate surface area is 299 Å². The number of hydrogen-bond acceptors (Lipinski definition) is 14. The Hall–Kier alpha value is -6.69. The molecule has 23 nitrogen and oxygen atoms in total. The Morgan fingerprint density at radius 2 is 0.725 bits per heavy atom. The minimum absolute atomic E-state index is 0. The SMILES string of the molecule is O.O.O.O=[N+]([O-])c1cccc(C=Nc2ccc([N+](=O)[O-])cc2[N+](=O)[O-])c1.O=[N+]([O-])c1cccc(C=Nc2ccc([N+](=O)[O-])cc2[N+](=O)[O-])c1.[Cl-].[Cu+2]. The fourth-order valence-electron chi connectivity index (χ4n) is 3.49. The van der Waals surface area contributed by atoms with Crippen LogP contribution in [0.2, 0.25) is 0 Å². The fraction of sp³-hybridized carbons (Fsp3) is 0. The van der Waals surface area contributed by atoms with Crippen LogP contribution in [0.3, 0.4) is 0 Å². The third kappa shape index (κ3) is 13.8. The van der Waals surface area contributed by atoms with Crippen LogP contribution in [0.4, 0.5) is 45.5 Å². The maximum atomic E-state index is 11.0. The monoisotopic (exact) mass is 784 g/mol. The zero-order valence-corrected chi connectivity index (χ0v) is 26.6. The van der Waals surface area contributed by atoms with E-state index in [0.717, 1.165) is 36.4 Å². The van der Waals surface area contributed by atoms with Crippen molar-refractivity contribution in [3.05, 3.63) is 157 Å². The minimum Gasteiger partial charge on any atom is -1.00 e. The molecular formula is C26H22ClCuN8O15+. The first-order chi connectivity index (χ1) is 21.8. The average molecular weight is 786 g/mol. The van der Waals surface area contributed by atoms with Gasteiger partial charge in [0.05, 0.1) is 41.7 Å². The molecule has 0 saturated carbocycles. The third-order valence-corrected chi connectivity index (χ3v) is 5.60. The Morgan fingerprint density at radius 1 is 0.431 bits per heavy atom. The summed E-state index contributed by atoms with van der Waals surface area (Å²) < 4.78 is 0. The molecule has 4 aromatic rings. The topological polar surface area (TPSA) is 378 Å². The number of nitrogens with zero attached hydrogens (tertiary/aromatic N) is 8. The van der Waals surface area contributed by atoms with Gasteiger partial charge in [-0.05, 0) is 23.3 Å². The van der Waals surface area contributed by atoms with E-state index in [1.165, 1.54) is 61.0 Å². The molecule has 6 N–H and O–H groups in total. The average Bonchev–Trinajstić information content (AvgIpc) is 3.03. The van der Waals surface area contributed by atoms with Gasteiger partial charge in [0.25, 0.3) is 22.7 Å². The first kappa shape index (κ1) is 48.7. The van der Waals surface area contributed by atoms with Crippen molar-refractivity contribution in [1.29, 1.82) is 0 Å². The molecule has 4 rings (SSSR count). The minimum atomic E-state index is -0.785. The molecule has 0 aromatic heterocycles.